The van der Waals surface area contributed by atoms with Gasteiger partial charge >= 0.3 is 0 Å². The summed E-state index contributed by atoms with van der Waals surface area (Å²) >= 11 is 0. The molecule has 3 unspecified atom stereocenters. The van der Waals surface area contributed by atoms with Crippen LogP contribution < -0.4 is 5.32 Å². The van der Waals surface area contributed by atoms with Crippen LogP contribution >= 0.6 is 0 Å². The van der Waals surface area contributed by atoms with Gasteiger partial charge in [-0.25, -0.2) is 0 Å². The van der Waals surface area contributed by atoms with E-state index in [2.05, 4.69) is 67.8 Å². The van der Waals surface area contributed by atoms with Crippen molar-refractivity contribution in [1.29, 1.82) is 0 Å². The van der Waals surface area contributed by atoms with Crippen LogP contribution in [-0.4, -0.2) is 46.1 Å². The van der Waals surface area contributed by atoms with Crippen LogP contribution in [0.3, 0.4) is 0 Å². The van der Waals surface area contributed by atoms with Crippen LogP contribution in [0.15, 0.2) is 60.8 Å². The van der Waals surface area contributed by atoms with E-state index < -0.39 is 18.2 Å². The average molecular weight is 686 g/mol. The second-order valence-corrected chi connectivity index (χ2v) is 13.9. The number of carbonyl (C=O) groups excluding carboxylic acids is 1. The zero-order valence-electron chi connectivity index (χ0n) is 32.1. The maximum Gasteiger partial charge on any atom is 0.222 e. The molecule has 0 bridgehead atoms. The number of aliphatic hydroxyl groups is 3. The number of hydrogen-bond donors (Lipinski definition) is 4. The number of rotatable bonds is 36. The largest absolute Gasteiger partial charge is 0.394 e. The first kappa shape index (κ1) is 47.0. The van der Waals surface area contributed by atoms with E-state index in [0.29, 0.717) is 6.42 Å². The van der Waals surface area contributed by atoms with Crippen molar-refractivity contribution in [1.82, 2.24) is 5.32 Å². The molecule has 284 valence electrons. The summed E-state index contributed by atoms with van der Waals surface area (Å²) in [7, 11) is 0. The van der Waals surface area contributed by atoms with E-state index in [1.807, 2.05) is 6.08 Å². The van der Waals surface area contributed by atoms with Gasteiger partial charge in [0, 0.05) is 0 Å². The quantitative estimate of drug-likeness (QED) is 0.0390. The van der Waals surface area contributed by atoms with Crippen molar-refractivity contribution in [2.75, 3.05) is 6.61 Å². The second kappa shape index (κ2) is 38.8. The zero-order valence-corrected chi connectivity index (χ0v) is 32.1. The third-order valence-electron chi connectivity index (χ3n) is 8.99. The highest BCUT2D eigenvalue weighted by Gasteiger charge is 2.20. The summed E-state index contributed by atoms with van der Waals surface area (Å²) in [4.78, 5) is 12.4. The molecule has 0 saturated carbocycles. The molecule has 5 nitrogen and oxygen atoms in total. The fourth-order valence-corrected chi connectivity index (χ4v) is 5.82. The van der Waals surface area contributed by atoms with E-state index in [-0.39, 0.29) is 18.9 Å². The van der Waals surface area contributed by atoms with Crippen molar-refractivity contribution >= 4 is 5.91 Å². The van der Waals surface area contributed by atoms with Gasteiger partial charge in [0.25, 0.3) is 0 Å². The number of allylic oxidation sites excluding steroid dienone is 9. The predicted molar refractivity (Wildman–Crippen MR) is 213 cm³/mol. The Hall–Kier alpha value is -1.95. The first-order valence-electron chi connectivity index (χ1n) is 20.6. The highest BCUT2D eigenvalue weighted by molar-refractivity contribution is 5.76. The Morgan fingerprint density at radius 3 is 1.49 bits per heavy atom. The summed E-state index contributed by atoms with van der Waals surface area (Å²) < 4.78 is 0. The summed E-state index contributed by atoms with van der Waals surface area (Å²) in [6.45, 7) is 4.10. The maximum absolute atomic E-state index is 12.4. The molecule has 0 saturated heterocycles. The third kappa shape index (κ3) is 35.7. The lowest BCUT2D eigenvalue weighted by Crippen LogP contribution is -2.45. The Morgan fingerprint density at radius 1 is 0.531 bits per heavy atom. The molecule has 0 rings (SSSR count). The molecule has 1 amide bonds. The Bertz CT molecular complexity index is 846. The molecular weight excluding hydrogens is 606 g/mol. The lowest BCUT2D eigenvalue weighted by molar-refractivity contribution is -0.124. The Balaban J connectivity index is 3.71. The number of aliphatic hydroxyl groups excluding tert-OH is 3. The van der Waals surface area contributed by atoms with Crippen LogP contribution in [0.2, 0.25) is 0 Å². The summed E-state index contributed by atoms with van der Waals surface area (Å²) in [6.07, 6.45) is 50.8. The van der Waals surface area contributed by atoms with E-state index in [1.165, 1.54) is 103 Å². The number of amides is 1. The van der Waals surface area contributed by atoms with E-state index >= 15 is 0 Å². The predicted octanol–water partition coefficient (Wildman–Crippen LogP) is 11.5. The first-order valence-corrected chi connectivity index (χ1v) is 20.6. The number of nitrogens with one attached hydrogen (secondary N) is 1. The minimum atomic E-state index is -0.962. The van der Waals surface area contributed by atoms with Gasteiger partial charge in [-0.3, -0.25) is 4.79 Å². The molecule has 0 aromatic heterocycles. The van der Waals surface area contributed by atoms with Gasteiger partial charge in [0.15, 0.2) is 0 Å². The molecule has 0 fully saturated rings. The molecule has 0 aromatic carbocycles. The van der Waals surface area contributed by atoms with Crippen molar-refractivity contribution in [2.24, 2.45) is 0 Å². The molecule has 0 aliphatic carbocycles. The second-order valence-electron chi connectivity index (χ2n) is 13.9. The van der Waals surface area contributed by atoms with E-state index in [0.717, 1.165) is 57.8 Å². The topological polar surface area (TPSA) is 89.8 Å². The van der Waals surface area contributed by atoms with Crippen LogP contribution in [-0.2, 0) is 4.79 Å². The zero-order chi connectivity index (χ0) is 35.9. The third-order valence-corrected chi connectivity index (χ3v) is 8.99. The minimum absolute atomic E-state index is 0.00597. The molecule has 0 spiro atoms. The van der Waals surface area contributed by atoms with Crippen LogP contribution in [0, 0.1) is 0 Å². The number of unbranched alkanes of at least 4 members (excludes halogenated alkanes) is 19. The molecule has 0 aromatic rings. The Labute approximate surface area is 303 Å². The monoisotopic (exact) mass is 686 g/mol. The van der Waals surface area contributed by atoms with Crippen molar-refractivity contribution in [3.8, 4) is 0 Å². The molecule has 5 heteroatoms. The fourth-order valence-electron chi connectivity index (χ4n) is 5.82. The van der Waals surface area contributed by atoms with Crippen molar-refractivity contribution in [2.45, 2.75) is 205 Å². The van der Waals surface area contributed by atoms with Gasteiger partial charge in [0.05, 0.1) is 31.3 Å². The molecule has 0 heterocycles. The van der Waals surface area contributed by atoms with Crippen molar-refractivity contribution in [3.05, 3.63) is 60.8 Å². The standard InChI is InChI=1S/C44H79NO4/c1-3-5-7-9-11-13-15-16-17-18-19-20-21-22-23-24-25-26-28-29-31-33-35-37-41(47)39-44(49)45-42(40-46)43(48)38-36-34-32-30-27-14-12-10-8-6-4-2/h8,10,19-20,22-23,27,30,36,38,41-43,46-48H,3-7,9,11-18,21,24-26,28-29,31-35,37,39-40H2,1-2H3,(H,45,49)/b10-8+,20-19-,23-22-,30-27+,38-36+. The average Bonchev–Trinajstić information content (AvgIpc) is 3.09. The van der Waals surface area contributed by atoms with Crippen molar-refractivity contribution in [3.63, 3.8) is 0 Å². The van der Waals surface area contributed by atoms with Gasteiger partial charge < -0.3 is 20.6 Å². The molecule has 0 radical (unpaired) electrons. The van der Waals surface area contributed by atoms with Gasteiger partial charge in [-0.05, 0) is 70.6 Å². The SMILES string of the molecule is CCC/C=C/CC/C=C/CC/C=C/C(O)C(CO)NC(=O)CC(O)CCCCCCCCC/C=C\C/C=C\CCCCCCCCCCC. The van der Waals surface area contributed by atoms with Gasteiger partial charge in [0.1, 0.15) is 0 Å². The van der Waals surface area contributed by atoms with Crippen LogP contribution in [0.5, 0.6) is 0 Å². The lowest BCUT2D eigenvalue weighted by Gasteiger charge is -2.21. The molecule has 49 heavy (non-hydrogen) atoms. The Kier molecular flexibility index (Phi) is 37.3. The fraction of sp³-hybridized carbons (Fsp3) is 0.750. The molecule has 3 atom stereocenters. The van der Waals surface area contributed by atoms with Crippen LogP contribution in [0.1, 0.15) is 187 Å². The van der Waals surface area contributed by atoms with Crippen LogP contribution in [0.4, 0.5) is 0 Å². The van der Waals surface area contributed by atoms with E-state index in [1.54, 1.807) is 6.08 Å². The maximum atomic E-state index is 12.4. The van der Waals surface area contributed by atoms with E-state index in [9.17, 15) is 20.1 Å². The van der Waals surface area contributed by atoms with Crippen molar-refractivity contribution < 1.29 is 20.1 Å². The lowest BCUT2D eigenvalue weighted by atomic mass is 10.0. The van der Waals surface area contributed by atoms with Crippen LogP contribution in [0.25, 0.3) is 0 Å². The normalized spacial score (nSPS) is 14.3. The highest BCUT2D eigenvalue weighted by atomic mass is 16.3. The molecule has 0 aliphatic rings. The number of hydrogen-bond acceptors (Lipinski definition) is 4. The summed E-state index contributed by atoms with van der Waals surface area (Å²) in [6, 6.07) is -0.770. The smallest absolute Gasteiger partial charge is 0.222 e. The Morgan fingerprint density at radius 2 is 0.980 bits per heavy atom. The van der Waals surface area contributed by atoms with Gasteiger partial charge in [0.2, 0.25) is 5.91 Å². The molecule has 0 aliphatic heterocycles. The minimum Gasteiger partial charge on any atom is -0.394 e. The summed E-state index contributed by atoms with van der Waals surface area (Å²) in [5.74, 6) is -0.339. The highest BCUT2D eigenvalue weighted by Crippen LogP contribution is 2.13. The summed E-state index contributed by atoms with van der Waals surface area (Å²) in [5, 5.41) is 33.0. The van der Waals surface area contributed by atoms with E-state index in [4.69, 9.17) is 0 Å². The van der Waals surface area contributed by atoms with Gasteiger partial charge in [-0.15, -0.1) is 0 Å². The first-order chi connectivity index (χ1) is 24.0. The molecular formula is C44H79NO4. The molecule has 4 N–H and O–H groups in total. The van der Waals surface area contributed by atoms with Gasteiger partial charge in [-0.1, -0.05) is 171 Å². The van der Waals surface area contributed by atoms with Gasteiger partial charge in [-0.2, -0.15) is 0 Å². The number of carbonyl (C=O) groups is 1. The summed E-state index contributed by atoms with van der Waals surface area (Å²) in [5.41, 5.74) is 0.